The van der Waals surface area contributed by atoms with Crippen LogP contribution >= 0.6 is 0 Å². The smallest absolute Gasteiger partial charge is 0.138 e. The number of aromatic nitrogens is 1. The van der Waals surface area contributed by atoms with Crippen LogP contribution in [0.5, 0.6) is 5.75 Å². The van der Waals surface area contributed by atoms with Gasteiger partial charge < -0.3 is 10.1 Å². The molecule has 2 fully saturated rings. The van der Waals surface area contributed by atoms with Crippen molar-refractivity contribution in [2.45, 2.75) is 18.9 Å². The Kier molecular flexibility index (Phi) is 2.33. The lowest BCUT2D eigenvalue weighted by Crippen LogP contribution is -2.26. The molecule has 2 aliphatic rings. The lowest BCUT2D eigenvalue weighted by Gasteiger charge is -2.19. The van der Waals surface area contributed by atoms with Crippen molar-refractivity contribution in [1.29, 1.82) is 0 Å². The van der Waals surface area contributed by atoms with Crippen LogP contribution in [0.1, 0.15) is 12.8 Å². The second kappa shape index (κ2) is 3.81. The maximum absolute atomic E-state index is 5.99. The first-order chi connectivity index (χ1) is 7.43. The van der Waals surface area contributed by atoms with Gasteiger partial charge in [0, 0.05) is 18.7 Å². The number of nitrogens with zero attached hydrogens (tertiary/aromatic N) is 1. The SMILES string of the molecule is c1cncc(O[C@H]2CC[C@@H]3CNC[C@@H]32)c1. The van der Waals surface area contributed by atoms with Crippen LogP contribution in [0, 0.1) is 11.8 Å². The van der Waals surface area contributed by atoms with Gasteiger partial charge in [-0.2, -0.15) is 0 Å². The van der Waals surface area contributed by atoms with Crippen molar-refractivity contribution < 1.29 is 4.74 Å². The first-order valence-corrected chi connectivity index (χ1v) is 5.71. The molecule has 0 radical (unpaired) electrons. The van der Waals surface area contributed by atoms with E-state index in [0.717, 1.165) is 18.2 Å². The van der Waals surface area contributed by atoms with E-state index in [1.807, 2.05) is 12.1 Å². The number of nitrogens with one attached hydrogen (secondary N) is 1. The zero-order chi connectivity index (χ0) is 10.1. The topological polar surface area (TPSA) is 34.1 Å². The zero-order valence-electron chi connectivity index (χ0n) is 8.73. The van der Waals surface area contributed by atoms with E-state index in [9.17, 15) is 0 Å². The van der Waals surface area contributed by atoms with Crippen molar-refractivity contribution >= 4 is 0 Å². The van der Waals surface area contributed by atoms with E-state index in [1.54, 1.807) is 12.4 Å². The number of pyridine rings is 1. The second-order valence-corrected chi connectivity index (χ2v) is 4.50. The summed E-state index contributed by atoms with van der Waals surface area (Å²) in [5.41, 5.74) is 0. The molecule has 1 saturated carbocycles. The highest BCUT2D eigenvalue weighted by Gasteiger charge is 2.40. The third-order valence-electron chi connectivity index (χ3n) is 3.61. The van der Waals surface area contributed by atoms with Gasteiger partial charge in [-0.3, -0.25) is 4.98 Å². The second-order valence-electron chi connectivity index (χ2n) is 4.50. The van der Waals surface area contributed by atoms with Gasteiger partial charge in [-0.1, -0.05) is 0 Å². The summed E-state index contributed by atoms with van der Waals surface area (Å²) >= 11 is 0. The quantitative estimate of drug-likeness (QED) is 0.792. The summed E-state index contributed by atoms with van der Waals surface area (Å²) in [6, 6.07) is 3.91. The van der Waals surface area contributed by atoms with E-state index >= 15 is 0 Å². The highest BCUT2D eigenvalue weighted by atomic mass is 16.5. The van der Waals surface area contributed by atoms with Gasteiger partial charge in [0.1, 0.15) is 11.9 Å². The van der Waals surface area contributed by atoms with Crippen LogP contribution in [0.25, 0.3) is 0 Å². The van der Waals surface area contributed by atoms with Gasteiger partial charge in [0.2, 0.25) is 0 Å². The largest absolute Gasteiger partial charge is 0.488 e. The summed E-state index contributed by atoms with van der Waals surface area (Å²) in [5.74, 6) is 2.46. The summed E-state index contributed by atoms with van der Waals surface area (Å²) in [5, 5.41) is 3.44. The van der Waals surface area contributed by atoms with Crippen LogP contribution < -0.4 is 10.1 Å². The maximum atomic E-state index is 5.99. The molecule has 1 aromatic rings. The standard InChI is InChI=1S/C12H16N2O/c1-2-10(7-13-5-1)15-12-4-3-9-6-14-8-11(9)12/h1-2,5,7,9,11-12,14H,3-4,6,8H2/t9-,11+,12+/m1/s1. The fourth-order valence-corrected chi connectivity index (χ4v) is 2.83. The van der Waals surface area contributed by atoms with E-state index in [-0.39, 0.29) is 0 Å². The van der Waals surface area contributed by atoms with E-state index in [2.05, 4.69) is 10.3 Å². The molecule has 1 aromatic heterocycles. The number of ether oxygens (including phenoxy) is 1. The van der Waals surface area contributed by atoms with Gasteiger partial charge in [-0.05, 0) is 37.4 Å². The molecule has 0 amide bonds. The average molecular weight is 204 g/mol. The summed E-state index contributed by atoms with van der Waals surface area (Å²) in [6.07, 6.45) is 6.49. The van der Waals surface area contributed by atoms with Crippen LogP contribution in [0.2, 0.25) is 0 Å². The van der Waals surface area contributed by atoms with Crippen molar-refractivity contribution in [2.75, 3.05) is 13.1 Å². The molecule has 1 saturated heterocycles. The Labute approximate surface area is 89.9 Å². The number of hydrogen-bond acceptors (Lipinski definition) is 3. The van der Waals surface area contributed by atoms with E-state index < -0.39 is 0 Å². The minimum Gasteiger partial charge on any atom is -0.488 e. The fraction of sp³-hybridized carbons (Fsp3) is 0.583. The molecule has 0 unspecified atom stereocenters. The Hall–Kier alpha value is -1.09. The molecule has 0 bridgehead atoms. The van der Waals surface area contributed by atoms with E-state index in [4.69, 9.17) is 4.74 Å². The minimum atomic E-state index is 0.397. The lowest BCUT2D eigenvalue weighted by atomic mass is 9.99. The van der Waals surface area contributed by atoms with Crippen molar-refractivity contribution in [3.63, 3.8) is 0 Å². The van der Waals surface area contributed by atoms with Gasteiger partial charge in [-0.15, -0.1) is 0 Å². The molecule has 1 N–H and O–H groups in total. The molecule has 80 valence electrons. The minimum absolute atomic E-state index is 0.397. The number of fused-ring (bicyclic) bond motifs is 1. The van der Waals surface area contributed by atoms with Crippen LogP contribution in [0.15, 0.2) is 24.5 Å². The first-order valence-electron chi connectivity index (χ1n) is 5.71. The summed E-state index contributed by atoms with van der Waals surface area (Å²) in [6.45, 7) is 2.30. The van der Waals surface area contributed by atoms with Crippen molar-refractivity contribution in [2.24, 2.45) is 11.8 Å². The van der Waals surface area contributed by atoms with Crippen molar-refractivity contribution in [3.8, 4) is 5.75 Å². The lowest BCUT2D eigenvalue weighted by molar-refractivity contribution is 0.158. The van der Waals surface area contributed by atoms with Gasteiger partial charge in [-0.25, -0.2) is 0 Å². The Morgan fingerprint density at radius 3 is 3.20 bits per heavy atom. The summed E-state index contributed by atoms with van der Waals surface area (Å²) in [7, 11) is 0. The van der Waals surface area contributed by atoms with Gasteiger partial charge in [0.05, 0.1) is 6.20 Å². The number of rotatable bonds is 2. The molecule has 2 heterocycles. The van der Waals surface area contributed by atoms with E-state index in [0.29, 0.717) is 12.0 Å². The van der Waals surface area contributed by atoms with Crippen LogP contribution in [0.3, 0.4) is 0 Å². The Morgan fingerprint density at radius 1 is 1.33 bits per heavy atom. The predicted molar refractivity (Wildman–Crippen MR) is 57.7 cm³/mol. The normalized spacial score (nSPS) is 34.0. The highest BCUT2D eigenvalue weighted by Crippen LogP contribution is 2.36. The van der Waals surface area contributed by atoms with Crippen LogP contribution in [-0.4, -0.2) is 24.2 Å². The summed E-state index contributed by atoms with van der Waals surface area (Å²) in [4.78, 5) is 4.07. The van der Waals surface area contributed by atoms with Crippen molar-refractivity contribution in [3.05, 3.63) is 24.5 Å². The molecule has 1 aliphatic heterocycles. The molecule has 0 spiro atoms. The molecule has 3 rings (SSSR count). The molecule has 3 heteroatoms. The summed E-state index contributed by atoms with van der Waals surface area (Å²) < 4.78 is 5.99. The zero-order valence-corrected chi connectivity index (χ0v) is 8.73. The molecule has 1 aliphatic carbocycles. The molecule has 3 atom stereocenters. The first kappa shape index (κ1) is 9.16. The van der Waals surface area contributed by atoms with Crippen LogP contribution in [0.4, 0.5) is 0 Å². The van der Waals surface area contributed by atoms with Gasteiger partial charge >= 0.3 is 0 Å². The van der Waals surface area contributed by atoms with Crippen LogP contribution in [-0.2, 0) is 0 Å². The molecular weight excluding hydrogens is 188 g/mol. The molecule has 3 nitrogen and oxygen atoms in total. The Balaban J connectivity index is 1.69. The molecule has 15 heavy (non-hydrogen) atoms. The average Bonchev–Trinajstić information content (AvgIpc) is 2.85. The Morgan fingerprint density at radius 2 is 2.33 bits per heavy atom. The van der Waals surface area contributed by atoms with E-state index in [1.165, 1.54) is 19.4 Å². The molecule has 0 aromatic carbocycles. The van der Waals surface area contributed by atoms with Gasteiger partial charge in [0.25, 0.3) is 0 Å². The fourth-order valence-electron chi connectivity index (χ4n) is 2.83. The highest BCUT2D eigenvalue weighted by molar-refractivity contribution is 5.16. The maximum Gasteiger partial charge on any atom is 0.138 e. The number of hydrogen-bond donors (Lipinski definition) is 1. The Bertz CT molecular complexity index is 328. The molecular formula is C12H16N2O. The predicted octanol–water partition coefficient (Wildman–Crippen LogP) is 1.46. The third kappa shape index (κ3) is 1.72. The van der Waals surface area contributed by atoms with Gasteiger partial charge in [0.15, 0.2) is 0 Å². The third-order valence-corrected chi connectivity index (χ3v) is 3.61. The monoisotopic (exact) mass is 204 g/mol. The van der Waals surface area contributed by atoms with Crippen molar-refractivity contribution in [1.82, 2.24) is 10.3 Å².